The van der Waals surface area contributed by atoms with Gasteiger partial charge in [-0.3, -0.25) is 9.59 Å². The summed E-state index contributed by atoms with van der Waals surface area (Å²) in [5.74, 6) is 0.263. The van der Waals surface area contributed by atoms with E-state index in [0.29, 0.717) is 32.2 Å². The highest BCUT2D eigenvalue weighted by atomic mass is 16.6. The van der Waals surface area contributed by atoms with Gasteiger partial charge in [-0.1, -0.05) is 24.3 Å². The Labute approximate surface area is 170 Å². The first-order valence-electron chi connectivity index (χ1n) is 10.2. The lowest BCUT2D eigenvalue weighted by atomic mass is 9.80. The molecule has 6 heteroatoms. The van der Waals surface area contributed by atoms with Crippen LogP contribution in [0.25, 0.3) is 11.1 Å². The maximum absolute atomic E-state index is 12.7. The van der Waals surface area contributed by atoms with Crippen LogP contribution in [0, 0.1) is 0 Å². The molecule has 1 spiro atoms. The van der Waals surface area contributed by atoms with Gasteiger partial charge in [0, 0.05) is 45.1 Å². The Morgan fingerprint density at radius 2 is 1.66 bits per heavy atom. The van der Waals surface area contributed by atoms with E-state index in [9.17, 15) is 14.4 Å². The third-order valence-electron chi connectivity index (χ3n) is 6.36. The molecule has 0 N–H and O–H groups in total. The Bertz CT molecular complexity index is 983. The second-order valence-electron chi connectivity index (χ2n) is 8.20. The van der Waals surface area contributed by atoms with Gasteiger partial charge in [0.05, 0.1) is 6.04 Å². The number of aryl methyl sites for hydroxylation is 1. The number of Topliss-reactive ketones (excluding diaryl/α,β-unsaturated/α-hetero) is 1. The first-order chi connectivity index (χ1) is 13.9. The normalized spacial score (nSPS) is 19.9. The number of aromatic nitrogens is 1. The van der Waals surface area contributed by atoms with Crippen LogP contribution in [0.5, 0.6) is 0 Å². The largest absolute Gasteiger partial charge is 0.443 e. The molecule has 152 valence electrons. The number of nitrogens with zero attached hydrogens (tertiary/aromatic N) is 2. The van der Waals surface area contributed by atoms with Gasteiger partial charge < -0.3 is 14.2 Å². The first-order valence-corrected chi connectivity index (χ1v) is 10.2. The van der Waals surface area contributed by atoms with Crippen LogP contribution in [0.1, 0.15) is 50.6 Å². The summed E-state index contributed by atoms with van der Waals surface area (Å²) in [5.41, 5.74) is 2.35. The number of rotatable bonds is 3. The number of carbonyl (C=O) groups excluding carboxylic acids is 2. The predicted octanol–water partition coefficient (Wildman–Crippen LogP) is 3.84. The van der Waals surface area contributed by atoms with E-state index in [4.69, 9.17) is 4.74 Å². The van der Waals surface area contributed by atoms with Crippen molar-refractivity contribution in [2.75, 3.05) is 6.54 Å². The fourth-order valence-electron chi connectivity index (χ4n) is 4.26. The van der Waals surface area contributed by atoms with Gasteiger partial charge in [0.2, 0.25) is 0 Å². The van der Waals surface area contributed by atoms with Crippen LogP contribution in [0.3, 0.4) is 0 Å². The van der Waals surface area contributed by atoms with Gasteiger partial charge in [0.1, 0.15) is 11.4 Å². The van der Waals surface area contributed by atoms with E-state index >= 15 is 0 Å². The topological polar surface area (TPSA) is 68.6 Å². The molecular formula is C23H26N2O4. The Morgan fingerprint density at radius 3 is 2.28 bits per heavy atom. The molecule has 4 rings (SSSR count). The van der Waals surface area contributed by atoms with E-state index in [1.54, 1.807) is 24.2 Å². The molecule has 1 aromatic carbocycles. The molecule has 2 heterocycles. The minimum Gasteiger partial charge on any atom is -0.443 e. The Kier molecular flexibility index (Phi) is 5.03. The number of amides is 1. The second kappa shape index (κ2) is 7.50. The standard InChI is InChI=1S/C23H26N2O4/c1-16(25-14-12-23(29-22(25)28)10-7-20(26)8-11-23)17-3-5-18(6-4-17)19-9-13-24(2)21(27)15-19/h3-6,9,13,15-16H,7-8,10-12,14H2,1-2H3/t16-/m0/s1. The van der Waals surface area contributed by atoms with E-state index in [2.05, 4.69) is 0 Å². The average molecular weight is 394 g/mol. The van der Waals surface area contributed by atoms with E-state index in [1.165, 1.54) is 4.57 Å². The van der Waals surface area contributed by atoms with Crippen molar-refractivity contribution in [1.82, 2.24) is 9.47 Å². The molecule has 1 aliphatic heterocycles. The van der Waals surface area contributed by atoms with Crippen molar-refractivity contribution in [3.05, 3.63) is 58.5 Å². The maximum Gasteiger partial charge on any atom is 0.410 e. The van der Waals surface area contributed by atoms with Crippen molar-refractivity contribution < 1.29 is 14.3 Å². The molecule has 6 nitrogen and oxygen atoms in total. The second-order valence-corrected chi connectivity index (χ2v) is 8.20. The van der Waals surface area contributed by atoms with E-state index in [1.807, 2.05) is 37.3 Å². The molecule has 0 unspecified atom stereocenters. The Morgan fingerprint density at radius 1 is 0.966 bits per heavy atom. The van der Waals surface area contributed by atoms with Crippen molar-refractivity contribution in [3.8, 4) is 11.1 Å². The number of benzene rings is 1. The fourth-order valence-corrected chi connectivity index (χ4v) is 4.26. The van der Waals surface area contributed by atoms with Gasteiger partial charge in [-0.2, -0.15) is 0 Å². The summed E-state index contributed by atoms with van der Waals surface area (Å²) in [6, 6.07) is 11.4. The van der Waals surface area contributed by atoms with Gasteiger partial charge in [-0.25, -0.2) is 4.79 Å². The zero-order valence-corrected chi connectivity index (χ0v) is 16.9. The monoisotopic (exact) mass is 394 g/mol. The highest BCUT2D eigenvalue weighted by Crippen LogP contribution is 2.38. The minimum atomic E-state index is -0.454. The molecule has 0 bridgehead atoms. The minimum absolute atomic E-state index is 0.0469. The van der Waals surface area contributed by atoms with Crippen LogP contribution in [0.15, 0.2) is 47.4 Å². The molecule has 29 heavy (non-hydrogen) atoms. The third-order valence-corrected chi connectivity index (χ3v) is 6.36. The SMILES string of the molecule is C[C@@H](c1ccc(-c2ccn(C)c(=O)c2)cc1)N1CCC2(CCC(=O)CC2)OC1=O. The van der Waals surface area contributed by atoms with Crippen LogP contribution in [0.4, 0.5) is 4.79 Å². The molecule has 2 aliphatic rings. The molecule has 0 radical (unpaired) electrons. The summed E-state index contributed by atoms with van der Waals surface area (Å²) in [4.78, 5) is 37.8. The number of hydrogen-bond acceptors (Lipinski definition) is 4. The van der Waals surface area contributed by atoms with Crippen molar-refractivity contribution in [2.24, 2.45) is 7.05 Å². The highest BCUT2D eigenvalue weighted by molar-refractivity contribution is 5.80. The Balaban J connectivity index is 1.46. The lowest BCUT2D eigenvalue weighted by Gasteiger charge is -2.44. The Hall–Kier alpha value is -2.89. The van der Waals surface area contributed by atoms with Crippen LogP contribution in [0.2, 0.25) is 0 Å². The number of ether oxygens (including phenoxy) is 1. The zero-order valence-electron chi connectivity index (χ0n) is 16.9. The summed E-state index contributed by atoms with van der Waals surface area (Å²) in [6.45, 7) is 2.63. The summed E-state index contributed by atoms with van der Waals surface area (Å²) < 4.78 is 7.37. The molecular weight excluding hydrogens is 368 g/mol. The summed E-state index contributed by atoms with van der Waals surface area (Å²) in [7, 11) is 1.73. The number of hydrogen-bond donors (Lipinski definition) is 0. The van der Waals surface area contributed by atoms with Gasteiger partial charge in [0.15, 0.2) is 0 Å². The van der Waals surface area contributed by atoms with Crippen molar-refractivity contribution in [3.63, 3.8) is 0 Å². The zero-order chi connectivity index (χ0) is 20.6. The highest BCUT2D eigenvalue weighted by Gasteiger charge is 2.44. The molecule has 1 aliphatic carbocycles. The first kappa shape index (κ1) is 19.4. The summed E-state index contributed by atoms with van der Waals surface area (Å²) >= 11 is 0. The maximum atomic E-state index is 12.7. The van der Waals surface area contributed by atoms with E-state index in [0.717, 1.165) is 23.1 Å². The van der Waals surface area contributed by atoms with Gasteiger partial charge in [0.25, 0.3) is 5.56 Å². The van der Waals surface area contributed by atoms with Crippen LogP contribution in [-0.4, -0.2) is 33.5 Å². The molecule has 2 aromatic rings. The summed E-state index contributed by atoms with van der Waals surface area (Å²) in [6.07, 6.45) is 4.53. The lowest BCUT2D eigenvalue weighted by Crippen LogP contribution is -2.51. The van der Waals surface area contributed by atoms with Crippen molar-refractivity contribution >= 4 is 11.9 Å². The molecule has 1 saturated heterocycles. The third kappa shape index (κ3) is 3.84. The molecule has 2 fully saturated rings. The van der Waals surface area contributed by atoms with Gasteiger partial charge in [-0.05, 0) is 42.5 Å². The van der Waals surface area contributed by atoms with Crippen LogP contribution >= 0.6 is 0 Å². The number of carbonyl (C=O) groups is 2. The number of ketones is 1. The van der Waals surface area contributed by atoms with Crippen molar-refractivity contribution in [1.29, 1.82) is 0 Å². The van der Waals surface area contributed by atoms with Crippen LogP contribution in [-0.2, 0) is 16.6 Å². The molecule has 1 amide bonds. The molecule has 1 aromatic heterocycles. The van der Waals surface area contributed by atoms with E-state index in [-0.39, 0.29) is 23.5 Å². The quantitative estimate of drug-likeness (QED) is 0.793. The number of pyridine rings is 1. The van der Waals surface area contributed by atoms with Gasteiger partial charge in [-0.15, -0.1) is 0 Å². The van der Waals surface area contributed by atoms with E-state index < -0.39 is 5.60 Å². The van der Waals surface area contributed by atoms with Crippen LogP contribution < -0.4 is 5.56 Å². The van der Waals surface area contributed by atoms with Gasteiger partial charge >= 0.3 is 6.09 Å². The summed E-state index contributed by atoms with van der Waals surface area (Å²) in [5, 5.41) is 0. The fraction of sp³-hybridized carbons (Fsp3) is 0.435. The smallest absolute Gasteiger partial charge is 0.410 e. The molecule has 1 saturated carbocycles. The lowest BCUT2D eigenvalue weighted by molar-refractivity contribution is -0.129. The average Bonchev–Trinajstić information content (AvgIpc) is 2.72. The molecule has 1 atom stereocenters. The predicted molar refractivity (Wildman–Crippen MR) is 110 cm³/mol. The van der Waals surface area contributed by atoms with Crippen molar-refractivity contribution in [2.45, 2.75) is 50.7 Å².